The molecule has 0 spiro atoms. The van der Waals surface area contributed by atoms with Gasteiger partial charge in [-0.15, -0.1) is 6.42 Å². The van der Waals surface area contributed by atoms with Crippen molar-refractivity contribution in [3.05, 3.63) is 39.4 Å². The van der Waals surface area contributed by atoms with Crippen LogP contribution in [0.2, 0.25) is 0 Å². The summed E-state index contributed by atoms with van der Waals surface area (Å²) in [5.74, 6) is 2.01. The van der Waals surface area contributed by atoms with Crippen LogP contribution in [0.15, 0.2) is 18.2 Å². The standard InChI is InChI=1S/C12H12N2O3/c1-4-7-13(3)12(15)10-6-5-9(2)11(8-10)14(16)17/h1,5-6,8H,7H2,2-3H3. The van der Waals surface area contributed by atoms with Gasteiger partial charge >= 0.3 is 0 Å². The summed E-state index contributed by atoms with van der Waals surface area (Å²) < 4.78 is 0. The Bertz CT molecular complexity index is 503. The lowest BCUT2D eigenvalue weighted by Crippen LogP contribution is -2.27. The number of amides is 1. The molecule has 0 N–H and O–H groups in total. The zero-order chi connectivity index (χ0) is 13.0. The molecule has 0 unspecified atom stereocenters. The molecule has 1 amide bonds. The van der Waals surface area contributed by atoms with E-state index in [9.17, 15) is 14.9 Å². The second-order valence-electron chi connectivity index (χ2n) is 3.62. The van der Waals surface area contributed by atoms with Gasteiger partial charge in [0.15, 0.2) is 0 Å². The van der Waals surface area contributed by atoms with Gasteiger partial charge in [-0.25, -0.2) is 0 Å². The summed E-state index contributed by atoms with van der Waals surface area (Å²) in [5.41, 5.74) is 0.719. The van der Waals surface area contributed by atoms with Crippen LogP contribution in [0.1, 0.15) is 15.9 Å². The molecule has 0 bridgehead atoms. The smallest absolute Gasteiger partial charge is 0.273 e. The minimum atomic E-state index is -0.507. The second kappa shape index (κ2) is 5.12. The van der Waals surface area contributed by atoms with Crippen molar-refractivity contribution in [1.82, 2.24) is 4.90 Å². The van der Waals surface area contributed by atoms with Crippen LogP contribution >= 0.6 is 0 Å². The summed E-state index contributed by atoms with van der Waals surface area (Å²) in [4.78, 5) is 23.4. The van der Waals surface area contributed by atoms with Crippen molar-refractivity contribution in [2.24, 2.45) is 0 Å². The topological polar surface area (TPSA) is 63.5 Å². The monoisotopic (exact) mass is 232 g/mol. The summed E-state index contributed by atoms with van der Waals surface area (Å²) in [6.07, 6.45) is 5.10. The van der Waals surface area contributed by atoms with Gasteiger partial charge in [-0.2, -0.15) is 0 Å². The molecule has 0 heterocycles. The van der Waals surface area contributed by atoms with Crippen LogP contribution in [0, 0.1) is 29.4 Å². The number of carbonyl (C=O) groups excluding carboxylic acids is 1. The molecule has 0 aliphatic rings. The van der Waals surface area contributed by atoms with E-state index >= 15 is 0 Å². The number of nitrogens with zero attached hydrogens (tertiary/aromatic N) is 2. The highest BCUT2D eigenvalue weighted by atomic mass is 16.6. The van der Waals surface area contributed by atoms with Crippen molar-refractivity contribution in [3.63, 3.8) is 0 Å². The minimum Gasteiger partial charge on any atom is -0.331 e. The molecular formula is C12H12N2O3. The fraction of sp³-hybridized carbons (Fsp3) is 0.250. The largest absolute Gasteiger partial charge is 0.331 e. The number of hydrogen-bond acceptors (Lipinski definition) is 3. The molecule has 0 fully saturated rings. The Morgan fingerprint density at radius 1 is 1.59 bits per heavy atom. The molecule has 0 saturated heterocycles. The van der Waals surface area contributed by atoms with Gasteiger partial charge in [0.05, 0.1) is 11.5 Å². The van der Waals surface area contributed by atoms with Crippen molar-refractivity contribution in [3.8, 4) is 12.3 Å². The normalized spacial score (nSPS) is 9.47. The van der Waals surface area contributed by atoms with Gasteiger partial charge in [0.25, 0.3) is 11.6 Å². The number of benzene rings is 1. The number of terminal acetylenes is 1. The van der Waals surface area contributed by atoms with E-state index in [2.05, 4.69) is 5.92 Å². The lowest BCUT2D eigenvalue weighted by molar-refractivity contribution is -0.385. The summed E-state index contributed by atoms with van der Waals surface area (Å²) in [7, 11) is 1.55. The Balaban J connectivity index is 3.08. The molecule has 88 valence electrons. The zero-order valence-electron chi connectivity index (χ0n) is 9.64. The Hall–Kier alpha value is -2.35. The summed E-state index contributed by atoms with van der Waals surface area (Å²) in [6, 6.07) is 4.37. The molecule has 5 nitrogen and oxygen atoms in total. The number of nitro groups is 1. The van der Waals surface area contributed by atoms with Crippen LogP contribution in [0.5, 0.6) is 0 Å². The van der Waals surface area contributed by atoms with Crippen LogP contribution in [0.3, 0.4) is 0 Å². The number of nitro benzene ring substituents is 1. The third kappa shape index (κ3) is 2.82. The van der Waals surface area contributed by atoms with Crippen molar-refractivity contribution >= 4 is 11.6 Å². The number of carbonyl (C=O) groups is 1. The minimum absolute atomic E-state index is 0.0649. The first kappa shape index (κ1) is 12.7. The third-order valence-corrected chi connectivity index (χ3v) is 2.33. The van der Waals surface area contributed by atoms with Gasteiger partial charge in [-0.1, -0.05) is 12.0 Å². The molecule has 0 saturated carbocycles. The van der Waals surface area contributed by atoms with E-state index in [1.807, 2.05) is 0 Å². The van der Waals surface area contributed by atoms with Crippen molar-refractivity contribution in [2.45, 2.75) is 6.92 Å². The average molecular weight is 232 g/mol. The predicted molar refractivity (Wildman–Crippen MR) is 63.6 cm³/mol. The highest BCUT2D eigenvalue weighted by Crippen LogP contribution is 2.19. The van der Waals surface area contributed by atoms with E-state index in [0.29, 0.717) is 5.56 Å². The third-order valence-electron chi connectivity index (χ3n) is 2.33. The predicted octanol–water partition coefficient (Wildman–Crippen LogP) is 1.61. The van der Waals surface area contributed by atoms with Crippen LogP contribution < -0.4 is 0 Å². The molecule has 0 aliphatic heterocycles. The molecule has 5 heteroatoms. The lowest BCUT2D eigenvalue weighted by Gasteiger charge is -2.13. The first-order valence-electron chi connectivity index (χ1n) is 4.91. The number of hydrogen-bond donors (Lipinski definition) is 0. The quantitative estimate of drug-likeness (QED) is 0.452. The van der Waals surface area contributed by atoms with Crippen molar-refractivity contribution in [1.29, 1.82) is 0 Å². The zero-order valence-corrected chi connectivity index (χ0v) is 9.64. The van der Waals surface area contributed by atoms with Gasteiger partial charge in [-0.3, -0.25) is 14.9 Å². The van der Waals surface area contributed by atoms with Gasteiger partial charge in [0.2, 0.25) is 0 Å². The molecule has 1 aromatic rings. The van der Waals surface area contributed by atoms with Gasteiger partial charge in [0.1, 0.15) is 0 Å². The Labute approximate surface area is 99.2 Å². The molecule has 0 atom stereocenters. The van der Waals surface area contributed by atoms with Gasteiger partial charge in [0, 0.05) is 24.2 Å². The fourth-order valence-electron chi connectivity index (χ4n) is 1.37. The van der Waals surface area contributed by atoms with E-state index in [1.165, 1.54) is 11.0 Å². The molecule has 0 radical (unpaired) electrons. The van der Waals surface area contributed by atoms with Crippen molar-refractivity contribution in [2.75, 3.05) is 13.6 Å². The van der Waals surface area contributed by atoms with E-state index in [1.54, 1.807) is 26.1 Å². The molecule has 17 heavy (non-hydrogen) atoms. The lowest BCUT2D eigenvalue weighted by atomic mass is 10.1. The van der Waals surface area contributed by atoms with Gasteiger partial charge in [-0.05, 0) is 13.0 Å². The Morgan fingerprint density at radius 2 is 2.24 bits per heavy atom. The van der Waals surface area contributed by atoms with Crippen LogP contribution in [-0.4, -0.2) is 29.3 Å². The first-order chi connectivity index (χ1) is 7.97. The number of aryl methyl sites for hydroxylation is 1. The highest BCUT2D eigenvalue weighted by Gasteiger charge is 2.16. The maximum absolute atomic E-state index is 11.8. The summed E-state index contributed by atoms with van der Waals surface area (Å²) in [5, 5.41) is 10.7. The van der Waals surface area contributed by atoms with Crippen LogP contribution in [0.25, 0.3) is 0 Å². The van der Waals surface area contributed by atoms with E-state index in [4.69, 9.17) is 6.42 Å². The van der Waals surface area contributed by atoms with Gasteiger partial charge < -0.3 is 4.90 Å². The van der Waals surface area contributed by atoms with Crippen LogP contribution in [0.4, 0.5) is 5.69 Å². The molecular weight excluding hydrogens is 220 g/mol. The molecule has 0 aliphatic carbocycles. The Kier molecular flexibility index (Phi) is 3.83. The van der Waals surface area contributed by atoms with E-state index in [-0.39, 0.29) is 23.7 Å². The van der Waals surface area contributed by atoms with E-state index < -0.39 is 4.92 Å². The van der Waals surface area contributed by atoms with Crippen molar-refractivity contribution < 1.29 is 9.72 Å². The Morgan fingerprint density at radius 3 is 2.76 bits per heavy atom. The fourth-order valence-corrected chi connectivity index (χ4v) is 1.37. The highest BCUT2D eigenvalue weighted by molar-refractivity contribution is 5.95. The number of rotatable bonds is 3. The molecule has 0 aromatic heterocycles. The summed E-state index contributed by atoms with van der Waals surface area (Å²) in [6.45, 7) is 1.79. The maximum Gasteiger partial charge on any atom is 0.273 e. The average Bonchev–Trinajstić information content (AvgIpc) is 2.28. The molecule has 1 rings (SSSR count). The van der Waals surface area contributed by atoms with E-state index in [0.717, 1.165) is 0 Å². The first-order valence-corrected chi connectivity index (χ1v) is 4.91. The molecule has 1 aromatic carbocycles. The van der Waals surface area contributed by atoms with Crippen LogP contribution in [-0.2, 0) is 0 Å². The SMILES string of the molecule is C#CCN(C)C(=O)c1ccc(C)c([N+](=O)[O-])c1. The summed E-state index contributed by atoms with van der Waals surface area (Å²) >= 11 is 0. The maximum atomic E-state index is 11.8. The second-order valence-corrected chi connectivity index (χ2v) is 3.62.